The fourth-order valence-corrected chi connectivity index (χ4v) is 2.60. The Morgan fingerprint density at radius 3 is 3.05 bits per heavy atom. The summed E-state index contributed by atoms with van der Waals surface area (Å²) in [5, 5.41) is 8.83. The summed E-state index contributed by atoms with van der Waals surface area (Å²) in [5.41, 5.74) is 1.06. The molecule has 2 aliphatic rings. The molecule has 0 spiro atoms. The molecule has 2 unspecified atom stereocenters. The van der Waals surface area contributed by atoms with E-state index in [0.29, 0.717) is 18.6 Å². The highest BCUT2D eigenvalue weighted by Crippen LogP contribution is 2.33. The monoisotopic (exact) mass is 277 g/mol. The molecule has 3 rings (SSSR count). The van der Waals surface area contributed by atoms with Crippen molar-refractivity contribution in [3.05, 3.63) is 29.1 Å². The molecular formula is C15H16FNO3. The van der Waals surface area contributed by atoms with E-state index in [2.05, 4.69) is 0 Å². The van der Waals surface area contributed by atoms with E-state index in [1.54, 1.807) is 6.07 Å². The predicted octanol–water partition coefficient (Wildman–Crippen LogP) is 2.54. The summed E-state index contributed by atoms with van der Waals surface area (Å²) in [7, 11) is 0. The molecule has 0 aliphatic carbocycles. The molecule has 1 aromatic rings. The van der Waals surface area contributed by atoms with Crippen LogP contribution in [0.1, 0.15) is 30.4 Å². The molecule has 106 valence electrons. The van der Waals surface area contributed by atoms with Crippen LogP contribution in [0.4, 0.5) is 4.39 Å². The van der Waals surface area contributed by atoms with Gasteiger partial charge in [-0.05, 0) is 31.4 Å². The van der Waals surface area contributed by atoms with Gasteiger partial charge in [-0.25, -0.2) is 4.39 Å². The van der Waals surface area contributed by atoms with Gasteiger partial charge in [0.05, 0.1) is 18.2 Å². The number of rotatable bonds is 3. The lowest BCUT2D eigenvalue weighted by Crippen LogP contribution is -2.28. The lowest BCUT2D eigenvalue weighted by molar-refractivity contribution is -0.172. The molecule has 1 saturated heterocycles. The molecule has 0 amide bonds. The minimum atomic E-state index is -0.476. The summed E-state index contributed by atoms with van der Waals surface area (Å²) in [4.78, 5) is 0. The van der Waals surface area contributed by atoms with Crippen LogP contribution in [-0.4, -0.2) is 25.6 Å². The summed E-state index contributed by atoms with van der Waals surface area (Å²) in [5.74, 6) is -0.224. The van der Waals surface area contributed by atoms with E-state index >= 15 is 0 Å². The standard InChI is InChI=1S/C15H16FNO3/c16-13-6-10(8-17)5-11-7-12(20-15(11)13)9-19-14-3-1-2-4-18-14/h5-6,12,14H,1-4,7,9H2. The highest BCUT2D eigenvalue weighted by Gasteiger charge is 2.28. The third-order valence-corrected chi connectivity index (χ3v) is 3.59. The Balaban J connectivity index is 1.59. The van der Waals surface area contributed by atoms with Gasteiger partial charge < -0.3 is 14.2 Å². The maximum Gasteiger partial charge on any atom is 0.166 e. The van der Waals surface area contributed by atoms with Gasteiger partial charge in [-0.3, -0.25) is 0 Å². The Hall–Kier alpha value is -1.64. The van der Waals surface area contributed by atoms with Gasteiger partial charge in [0.1, 0.15) is 6.10 Å². The highest BCUT2D eigenvalue weighted by atomic mass is 19.1. The molecule has 0 radical (unpaired) electrons. The third-order valence-electron chi connectivity index (χ3n) is 3.59. The van der Waals surface area contributed by atoms with E-state index in [-0.39, 0.29) is 18.1 Å². The number of ether oxygens (including phenoxy) is 3. The molecule has 2 heterocycles. The molecule has 1 fully saturated rings. The van der Waals surface area contributed by atoms with Crippen LogP contribution in [0.25, 0.3) is 0 Å². The van der Waals surface area contributed by atoms with E-state index in [1.165, 1.54) is 6.07 Å². The Labute approximate surface area is 117 Å². The zero-order valence-electron chi connectivity index (χ0n) is 11.1. The molecule has 0 N–H and O–H groups in total. The smallest absolute Gasteiger partial charge is 0.166 e. The SMILES string of the molecule is N#Cc1cc(F)c2c(c1)CC(COC1CCCCO1)O2. The normalized spacial score (nSPS) is 24.8. The second kappa shape index (κ2) is 5.78. The van der Waals surface area contributed by atoms with Crippen LogP contribution in [0, 0.1) is 17.1 Å². The van der Waals surface area contributed by atoms with Gasteiger partial charge in [-0.2, -0.15) is 5.26 Å². The van der Waals surface area contributed by atoms with Crippen molar-refractivity contribution in [3.8, 4) is 11.8 Å². The Kier molecular flexibility index (Phi) is 3.86. The van der Waals surface area contributed by atoms with E-state index in [1.807, 2.05) is 6.07 Å². The molecule has 0 saturated carbocycles. The molecule has 2 atom stereocenters. The largest absolute Gasteiger partial charge is 0.484 e. The van der Waals surface area contributed by atoms with Gasteiger partial charge >= 0.3 is 0 Å². The van der Waals surface area contributed by atoms with Crippen LogP contribution in [-0.2, 0) is 15.9 Å². The van der Waals surface area contributed by atoms with Crippen LogP contribution in [0.3, 0.4) is 0 Å². The first kappa shape index (κ1) is 13.3. The van der Waals surface area contributed by atoms with Crippen LogP contribution in [0.15, 0.2) is 12.1 Å². The summed E-state index contributed by atoms with van der Waals surface area (Å²) < 4.78 is 30.5. The molecule has 0 bridgehead atoms. The van der Waals surface area contributed by atoms with Gasteiger partial charge in [0.25, 0.3) is 0 Å². The number of benzene rings is 1. The van der Waals surface area contributed by atoms with E-state index in [9.17, 15) is 4.39 Å². The zero-order chi connectivity index (χ0) is 13.9. The Morgan fingerprint density at radius 2 is 2.30 bits per heavy atom. The molecule has 2 aliphatic heterocycles. The average molecular weight is 277 g/mol. The van der Waals surface area contributed by atoms with Crippen molar-refractivity contribution in [1.29, 1.82) is 5.26 Å². The minimum Gasteiger partial charge on any atom is -0.484 e. The highest BCUT2D eigenvalue weighted by molar-refractivity contribution is 5.45. The van der Waals surface area contributed by atoms with Crippen LogP contribution < -0.4 is 4.74 Å². The Bertz CT molecular complexity index is 535. The van der Waals surface area contributed by atoms with Crippen molar-refractivity contribution in [2.24, 2.45) is 0 Å². The van der Waals surface area contributed by atoms with Gasteiger partial charge in [0.2, 0.25) is 0 Å². The summed E-state index contributed by atoms with van der Waals surface area (Å²) in [6.07, 6.45) is 3.26. The number of nitriles is 1. The maximum atomic E-state index is 13.8. The van der Waals surface area contributed by atoms with Crippen LogP contribution in [0.2, 0.25) is 0 Å². The van der Waals surface area contributed by atoms with Crippen molar-refractivity contribution < 1.29 is 18.6 Å². The molecule has 1 aromatic carbocycles. The van der Waals surface area contributed by atoms with Gasteiger partial charge in [-0.1, -0.05) is 0 Å². The molecule has 5 heteroatoms. The predicted molar refractivity (Wildman–Crippen MR) is 68.8 cm³/mol. The van der Waals surface area contributed by atoms with Crippen LogP contribution >= 0.6 is 0 Å². The first-order valence-corrected chi connectivity index (χ1v) is 6.88. The molecular weight excluding hydrogens is 261 g/mol. The van der Waals surface area contributed by atoms with Crippen LogP contribution in [0.5, 0.6) is 5.75 Å². The van der Waals surface area contributed by atoms with E-state index in [4.69, 9.17) is 19.5 Å². The van der Waals surface area contributed by atoms with Gasteiger partial charge in [0, 0.05) is 18.6 Å². The fraction of sp³-hybridized carbons (Fsp3) is 0.533. The zero-order valence-corrected chi connectivity index (χ0v) is 11.1. The number of hydrogen-bond acceptors (Lipinski definition) is 4. The number of hydrogen-bond donors (Lipinski definition) is 0. The number of fused-ring (bicyclic) bond motifs is 1. The van der Waals surface area contributed by atoms with E-state index < -0.39 is 5.82 Å². The summed E-state index contributed by atoms with van der Waals surface area (Å²) >= 11 is 0. The lowest BCUT2D eigenvalue weighted by atomic mass is 10.1. The maximum absolute atomic E-state index is 13.8. The van der Waals surface area contributed by atoms with Crippen molar-refractivity contribution in [3.63, 3.8) is 0 Å². The second-order valence-electron chi connectivity index (χ2n) is 5.13. The van der Waals surface area contributed by atoms with Gasteiger partial charge in [0.15, 0.2) is 17.9 Å². The van der Waals surface area contributed by atoms with Crippen molar-refractivity contribution in [2.45, 2.75) is 38.1 Å². The number of halogens is 1. The third kappa shape index (κ3) is 2.77. The summed E-state index contributed by atoms with van der Waals surface area (Å²) in [6, 6.07) is 4.83. The van der Waals surface area contributed by atoms with Crippen molar-refractivity contribution in [2.75, 3.05) is 13.2 Å². The first-order valence-electron chi connectivity index (χ1n) is 6.88. The minimum absolute atomic E-state index is 0.171. The first-order chi connectivity index (χ1) is 9.76. The number of nitrogens with zero attached hydrogens (tertiary/aromatic N) is 1. The second-order valence-corrected chi connectivity index (χ2v) is 5.13. The topological polar surface area (TPSA) is 51.5 Å². The fourth-order valence-electron chi connectivity index (χ4n) is 2.60. The van der Waals surface area contributed by atoms with Gasteiger partial charge in [-0.15, -0.1) is 0 Å². The molecule has 0 aromatic heterocycles. The van der Waals surface area contributed by atoms with E-state index in [0.717, 1.165) is 31.4 Å². The molecule has 20 heavy (non-hydrogen) atoms. The van der Waals surface area contributed by atoms with Crippen molar-refractivity contribution in [1.82, 2.24) is 0 Å². The Morgan fingerprint density at radius 1 is 1.40 bits per heavy atom. The average Bonchev–Trinajstić information content (AvgIpc) is 2.89. The molecule has 4 nitrogen and oxygen atoms in total. The summed E-state index contributed by atoms with van der Waals surface area (Å²) in [6.45, 7) is 1.11. The quantitative estimate of drug-likeness (QED) is 0.852. The van der Waals surface area contributed by atoms with Crippen molar-refractivity contribution >= 4 is 0 Å². The lowest BCUT2D eigenvalue weighted by Gasteiger charge is -2.24.